The highest BCUT2D eigenvalue weighted by Gasteiger charge is 2.55. The smallest absolute Gasteiger partial charge is 0.479 e. The normalized spacial score (nSPS) is 19.4. The number of thioether (sulfide) groups is 2. The molecule has 1 aromatic rings. The van der Waals surface area contributed by atoms with E-state index in [0.717, 1.165) is 11.3 Å². The molecule has 1 fully saturated rings. The van der Waals surface area contributed by atoms with Gasteiger partial charge >= 0.3 is 18.1 Å². The summed E-state index contributed by atoms with van der Waals surface area (Å²) in [5.41, 5.74) is 4.94. The van der Waals surface area contributed by atoms with E-state index < -0.39 is 59.9 Å². The molecule has 0 aliphatic carbocycles. The third-order valence-electron chi connectivity index (χ3n) is 4.84. The molecule has 0 radical (unpaired) electrons. The van der Waals surface area contributed by atoms with Crippen LogP contribution in [0.15, 0.2) is 15.8 Å². The Hall–Kier alpha value is -3.22. The number of carbonyl (C=O) groups excluding carboxylic acids is 4. The fraction of sp³-hybridized carbons (Fsp3) is 0.450. The highest BCUT2D eigenvalue weighted by atomic mass is 35.5. The van der Waals surface area contributed by atoms with Crippen LogP contribution >= 0.6 is 46.5 Å². The summed E-state index contributed by atoms with van der Waals surface area (Å²) >= 11 is 9.46. The third-order valence-corrected chi connectivity index (χ3v) is 8.22. The Morgan fingerprint density at radius 3 is 2.67 bits per heavy atom. The molecule has 0 aromatic carbocycles. The lowest BCUT2D eigenvalue weighted by Gasteiger charge is -2.49. The third kappa shape index (κ3) is 7.06. The zero-order valence-electron chi connectivity index (χ0n) is 20.5. The zero-order chi connectivity index (χ0) is 28.9. The second-order valence-corrected chi connectivity index (χ2v) is 11.0. The van der Waals surface area contributed by atoms with E-state index in [2.05, 4.69) is 20.2 Å². The fourth-order valence-electron chi connectivity index (χ4n) is 3.27. The quantitative estimate of drug-likeness (QED) is 0.104. The van der Waals surface area contributed by atoms with Crippen molar-refractivity contribution in [3.63, 3.8) is 0 Å². The van der Waals surface area contributed by atoms with Crippen LogP contribution in [0.5, 0.6) is 0 Å². The number of anilines is 1. The molecule has 3 atom stereocenters. The minimum absolute atomic E-state index is 0.00864. The molecule has 19 heteroatoms. The van der Waals surface area contributed by atoms with Crippen molar-refractivity contribution >= 4 is 87.2 Å². The van der Waals surface area contributed by atoms with Crippen LogP contribution in [0.3, 0.4) is 0 Å². The maximum atomic E-state index is 13.1. The summed E-state index contributed by atoms with van der Waals surface area (Å²) in [7, 11) is 0. The van der Waals surface area contributed by atoms with Gasteiger partial charge in [-0.05, 0) is 13.2 Å². The summed E-state index contributed by atoms with van der Waals surface area (Å²) in [6.45, 7) is 2.11. The average molecular weight is 624 g/mol. The molecule has 0 spiro atoms. The first-order valence-electron chi connectivity index (χ1n) is 10.9. The van der Waals surface area contributed by atoms with E-state index in [1.807, 2.05) is 0 Å². The van der Waals surface area contributed by atoms with Gasteiger partial charge in [0.15, 0.2) is 10.8 Å². The summed E-state index contributed by atoms with van der Waals surface area (Å²) in [6.07, 6.45) is -0.607. The van der Waals surface area contributed by atoms with E-state index in [-0.39, 0.29) is 27.5 Å². The Bertz CT molecular complexity index is 1240. The molecule has 2 aliphatic heterocycles. The maximum Gasteiger partial charge on any atom is 0.511 e. The van der Waals surface area contributed by atoms with Gasteiger partial charge in [0.25, 0.3) is 11.8 Å². The first-order valence-corrected chi connectivity index (χ1v) is 14.4. The van der Waals surface area contributed by atoms with E-state index in [1.54, 1.807) is 13.2 Å². The fourth-order valence-corrected chi connectivity index (χ4v) is 6.45. The van der Waals surface area contributed by atoms with Gasteiger partial charge in [0, 0.05) is 17.6 Å². The molecule has 39 heavy (non-hydrogen) atoms. The van der Waals surface area contributed by atoms with E-state index >= 15 is 0 Å². The molecule has 4 N–H and O–H groups in total. The minimum atomic E-state index is -1.34. The van der Waals surface area contributed by atoms with Crippen LogP contribution in [0.2, 0.25) is 4.34 Å². The molecule has 212 valence electrons. The number of carboxylic acids is 1. The number of nitrogen functional groups attached to an aromatic ring is 1. The Morgan fingerprint density at radius 2 is 2.08 bits per heavy atom. The number of esters is 1. The van der Waals surface area contributed by atoms with Gasteiger partial charge in [-0.25, -0.2) is 19.4 Å². The number of hydrogen-bond donors (Lipinski definition) is 3. The van der Waals surface area contributed by atoms with E-state index in [1.165, 1.54) is 35.3 Å². The molecular weight excluding hydrogens is 602 g/mol. The number of aliphatic carboxylic acids is 1. The van der Waals surface area contributed by atoms with Crippen LogP contribution in [-0.4, -0.2) is 93.5 Å². The van der Waals surface area contributed by atoms with Crippen molar-refractivity contribution in [3.05, 3.63) is 20.6 Å². The predicted octanol–water partition coefficient (Wildman–Crippen LogP) is 1.22. The maximum absolute atomic E-state index is 13.1. The number of fused-ring (bicyclic) bond motifs is 1. The number of carboxylic acid groups (broad SMARTS) is 1. The molecule has 1 saturated heterocycles. The highest BCUT2D eigenvalue weighted by molar-refractivity contribution is 8.05. The lowest BCUT2D eigenvalue weighted by atomic mass is 10.0. The number of halogens is 1. The number of rotatable bonds is 11. The number of hydrogen-bond acceptors (Lipinski definition) is 15. The summed E-state index contributed by atoms with van der Waals surface area (Å²) in [5.74, 6) is -3.51. The molecule has 2 aliphatic rings. The van der Waals surface area contributed by atoms with Gasteiger partial charge in [0.1, 0.15) is 27.1 Å². The number of ether oxygens (including phenoxy) is 3. The number of nitrogens with one attached hydrogen (secondary N) is 1. The van der Waals surface area contributed by atoms with Crippen molar-refractivity contribution in [2.24, 2.45) is 5.16 Å². The molecule has 0 bridgehead atoms. The van der Waals surface area contributed by atoms with Crippen LogP contribution in [0.25, 0.3) is 0 Å². The van der Waals surface area contributed by atoms with Crippen molar-refractivity contribution in [1.82, 2.24) is 15.2 Å². The van der Waals surface area contributed by atoms with E-state index in [0.29, 0.717) is 10.7 Å². The molecule has 1 aromatic heterocycles. The number of thiazole rings is 1. The Balaban J connectivity index is 1.77. The number of carbonyl (C=O) groups is 5. The van der Waals surface area contributed by atoms with Crippen molar-refractivity contribution in [2.75, 3.05) is 31.0 Å². The number of β-lactam (4-membered cyclic amide) rings is 1. The lowest BCUT2D eigenvalue weighted by Crippen LogP contribution is -2.71. The summed E-state index contributed by atoms with van der Waals surface area (Å²) in [6, 6.07) is -1.10. The molecule has 2 unspecified atom stereocenters. The number of oxime groups is 1. The van der Waals surface area contributed by atoms with Crippen LogP contribution in [-0.2, 0) is 38.2 Å². The second kappa shape index (κ2) is 13.2. The Labute approximate surface area is 238 Å². The van der Waals surface area contributed by atoms with Crippen LogP contribution in [0.1, 0.15) is 19.5 Å². The first-order chi connectivity index (χ1) is 18.5. The van der Waals surface area contributed by atoms with Crippen LogP contribution in [0, 0.1) is 0 Å². The standard InChI is InChI=1S/C20H22ClN5O10S3/c1-4-33-20(32)36-7(2)35-18(31)13-8(37-3)6-38-17-12(16(30)26(13)17)23-15(29)11(25-34-5-9(27)28)10-14(21)39-19(22)24-10/h7,12,17H,4-6H2,1-3H3,(H2,22,24)(H,23,29)(H,27,28)/t7?,12?,17-/m0/s1. The van der Waals surface area contributed by atoms with Gasteiger partial charge in [0.05, 0.1) is 6.61 Å². The Morgan fingerprint density at radius 1 is 1.36 bits per heavy atom. The largest absolute Gasteiger partial charge is 0.511 e. The number of nitrogens with two attached hydrogens (primary N) is 1. The molecule has 3 rings (SSSR count). The lowest BCUT2D eigenvalue weighted by molar-refractivity contribution is -0.168. The Kier molecular flexibility index (Phi) is 10.3. The van der Waals surface area contributed by atoms with E-state index in [9.17, 15) is 24.0 Å². The molecule has 3 heterocycles. The average Bonchev–Trinajstić information content (AvgIpc) is 3.20. The van der Waals surface area contributed by atoms with E-state index in [4.69, 9.17) is 36.8 Å². The van der Waals surface area contributed by atoms with Gasteiger partial charge in [0.2, 0.25) is 12.9 Å². The molecule has 2 amide bonds. The monoisotopic (exact) mass is 623 g/mol. The highest BCUT2D eigenvalue weighted by Crippen LogP contribution is 2.43. The van der Waals surface area contributed by atoms with Crippen molar-refractivity contribution in [1.29, 1.82) is 0 Å². The SMILES string of the molecule is CCOC(=O)OC(C)OC(=O)C1=C(SC)CS[C@H]2C(NC(=O)C(=NOCC(=O)O)c3nc(N)sc3Cl)C(=O)N12. The van der Waals surface area contributed by atoms with Crippen LogP contribution in [0.4, 0.5) is 9.93 Å². The second-order valence-electron chi connectivity index (χ2n) is 7.39. The zero-order valence-corrected chi connectivity index (χ0v) is 23.7. The van der Waals surface area contributed by atoms with Crippen molar-refractivity contribution < 1.29 is 48.1 Å². The summed E-state index contributed by atoms with van der Waals surface area (Å²) in [5, 5.41) is 14.2. The minimum Gasteiger partial charge on any atom is -0.479 e. The number of nitrogens with zero attached hydrogens (tertiary/aromatic N) is 3. The topological polar surface area (TPSA) is 209 Å². The summed E-state index contributed by atoms with van der Waals surface area (Å²) < 4.78 is 14.7. The van der Waals surface area contributed by atoms with Crippen molar-refractivity contribution in [3.8, 4) is 0 Å². The first kappa shape index (κ1) is 30.3. The van der Waals surface area contributed by atoms with Gasteiger partial charge in [-0.3, -0.25) is 14.5 Å². The van der Waals surface area contributed by atoms with Crippen LogP contribution < -0.4 is 11.1 Å². The predicted molar refractivity (Wildman–Crippen MR) is 141 cm³/mol. The summed E-state index contributed by atoms with van der Waals surface area (Å²) in [4.78, 5) is 71.8. The van der Waals surface area contributed by atoms with Gasteiger partial charge in [-0.2, -0.15) is 0 Å². The molecule has 0 saturated carbocycles. The van der Waals surface area contributed by atoms with Gasteiger partial charge < -0.3 is 35.2 Å². The van der Waals surface area contributed by atoms with Gasteiger partial charge in [-0.1, -0.05) is 28.1 Å². The number of aromatic nitrogens is 1. The molecule has 15 nitrogen and oxygen atoms in total. The number of amides is 2. The molecular formula is C20H22ClN5O10S3. The van der Waals surface area contributed by atoms with Crippen molar-refractivity contribution in [2.45, 2.75) is 31.6 Å². The van der Waals surface area contributed by atoms with Gasteiger partial charge in [-0.15, -0.1) is 23.5 Å².